The van der Waals surface area contributed by atoms with Crippen LogP contribution in [-0.4, -0.2) is 53.8 Å². The van der Waals surface area contributed by atoms with Crippen LogP contribution in [0.4, 0.5) is 20.6 Å². The van der Waals surface area contributed by atoms with Gasteiger partial charge in [-0.3, -0.25) is 9.59 Å². The van der Waals surface area contributed by atoms with Crippen LogP contribution < -0.4 is 10.6 Å². The molecule has 0 atom stereocenters. The third kappa shape index (κ3) is 5.19. The number of rotatable bonds is 4. The van der Waals surface area contributed by atoms with Gasteiger partial charge in [0.1, 0.15) is 5.82 Å². The highest BCUT2D eigenvalue weighted by Crippen LogP contribution is 2.15. The van der Waals surface area contributed by atoms with Crippen molar-refractivity contribution in [3.63, 3.8) is 0 Å². The van der Waals surface area contributed by atoms with Gasteiger partial charge in [-0.15, -0.1) is 0 Å². The van der Waals surface area contributed by atoms with Crippen molar-refractivity contribution >= 4 is 29.2 Å². The molecule has 2 N–H and O–H groups in total. The SMILES string of the molecule is C=CC(=O)Nc1cccc(C(=O)N2CCN(C(=O)Nc3ccc(F)cc3)CC2)c1. The third-order valence-corrected chi connectivity index (χ3v) is 4.51. The molecule has 0 saturated carbocycles. The van der Waals surface area contributed by atoms with Gasteiger partial charge in [-0.05, 0) is 48.5 Å². The second-order valence-electron chi connectivity index (χ2n) is 6.49. The van der Waals surface area contributed by atoms with Gasteiger partial charge in [0.25, 0.3) is 5.91 Å². The fourth-order valence-corrected chi connectivity index (χ4v) is 2.95. The number of anilines is 2. The zero-order valence-corrected chi connectivity index (χ0v) is 15.7. The number of carbonyl (C=O) groups excluding carboxylic acids is 3. The summed E-state index contributed by atoms with van der Waals surface area (Å²) in [5, 5.41) is 5.34. The topological polar surface area (TPSA) is 81.8 Å². The molecule has 7 nitrogen and oxygen atoms in total. The van der Waals surface area contributed by atoms with Gasteiger partial charge < -0.3 is 20.4 Å². The van der Waals surface area contributed by atoms with Crippen LogP contribution in [0.2, 0.25) is 0 Å². The van der Waals surface area contributed by atoms with Crippen molar-refractivity contribution in [2.75, 3.05) is 36.8 Å². The second-order valence-corrected chi connectivity index (χ2v) is 6.49. The predicted molar refractivity (Wildman–Crippen MR) is 108 cm³/mol. The Morgan fingerprint density at radius 2 is 1.55 bits per heavy atom. The molecule has 1 fully saturated rings. The molecular formula is C21H21FN4O3. The summed E-state index contributed by atoms with van der Waals surface area (Å²) < 4.78 is 13.0. The van der Waals surface area contributed by atoms with Gasteiger partial charge in [0.05, 0.1) is 0 Å². The van der Waals surface area contributed by atoms with E-state index in [2.05, 4.69) is 17.2 Å². The monoisotopic (exact) mass is 396 g/mol. The van der Waals surface area contributed by atoms with E-state index in [9.17, 15) is 18.8 Å². The summed E-state index contributed by atoms with van der Waals surface area (Å²) in [5.41, 5.74) is 1.47. The molecule has 0 bridgehead atoms. The molecule has 29 heavy (non-hydrogen) atoms. The van der Waals surface area contributed by atoms with Crippen LogP contribution in [0, 0.1) is 5.82 Å². The summed E-state index contributed by atoms with van der Waals surface area (Å²) in [6.45, 7) is 4.93. The maximum absolute atomic E-state index is 13.0. The molecule has 2 aromatic carbocycles. The number of nitrogens with zero attached hydrogens (tertiary/aromatic N) is 2. The van der Waals surface area contributed by atoms with Gasteiger partial charge in [0.15, 0.2) is 0 Å². The standard InChI is InChI=1S/C21H21FN4O3/c1-2-19(27)23-18-5-3-4-15(14-18)20(28)25-10-12-26(13-11-25)21(29)24-17-8-6-16(22)7-9-17/h2-9,14H,1,10-13H2,(H,23,27)(H,24,29). The Balaban J connectivity index is 1.56. The van der Waals surface area contributed by atoms with Crippen LogP contribution in [0.1, 0.15) is 10.4 Å². The first-order chi connectivity index (χ1) is 14.0. The van der Waals surface area contributed by atoms with E-state index in [0.717, 1.165) is 6.08 Å². The molecule has 1 aliphatic heterocycles. The number of hydrogen-bond donors (Lipinski definition) is 2. The lowest BCUT2D eigenvalue weighted by Crippen LogP contribution is -2.51. The number of piperazine rings is 1. The van der Waals surface area contributed by atoms with E-state index in [-0.39, 0.29) is 23.7 Å². The normalized spacial score (nSPS) is 13.6. The highest BCUT2D eigenvalue weighted by Gasteiger charge is 2.25. The molecule has 0 aliphatic carbocycles. The van der Waals surface area contributed by atoms with Gasteiger partial charge in [-0.2, -0.15) is 0 Å². The van der Waals surface area contributed by atoms with Gasteiger partial charge in [-0.1, -0.05) is 12.6 Å². The summed E-state index contributed by atoms with van der Waals surface area (Å²) in [7, 11) is 0. The Hall–Kier alpha value is -3.68. The van der Waals surface area contributed by atoms with Crippen LogP contribution in [-0.2, 0) is 4.79 Å². The molecule has 0 radical (unpaired) electrons. The van der Waals surface area contributed by atoms with Crippen molar-refractivity contribution in [2.45, 2.75) is 0 Å². The Kier molecular flexibility index (Phi) is 6.23. The minimum absolute atomic E-state index is 0.168. The smallest absolute Gasteiger partial charge is 0.321 e. The number of amides is 4. The molecule has 8 heteroatoms. The van der Waals surface area contributed by atoms with Crippen LogP contribution in [0.15, 0.2) is 61.2 Å². The summed E-state index contributed by atoms with van der Waals surface area (Å²) in [6, 6.07) is 11.9. The average Bonchev–Trinajstić information content (AvgIpc) is 2.75. The van der Waals surface area contributed by atoms with E-state index in [0.29, 0.717) is 43.1 Å². The molecule has 0 aromatic heterocycles. The number of hydrogen-bond acceptors (Lipinski definition) is 3. The summed E-state index contributed by atoms with van der Waals surface area (Å²) >= 11 is 0. The maximum atomic E-state index is 13.0. The second kappa shape index (κ2) is 9.01. The minimum Gasteiger partial charge on any atom is -0.335 e. The summed E-state index contributed by atoms with van der Waals surface area (Å²) in [5.74, 6) is -0.892. The highest BCUT2D eigenvalue weighted by molar-refractivity contribution is 6.01. The first kappa shape index (κ1) is 20.1. The van der Waals surface area contributed by atoms with Crippen molar-refractivity contribution in [3.05, 3.63) is 72.6 Å². The zero-order valence-electron chi connectivity index (χ0n) is 15.7. The van der Waals surface area contributed by atoms with Crippen LogP contribution >= 0.6 is 0 Å². The Labute approximate surface area is 167 Å². The molecule has 4 amide bonds. The van der Waals surface area contributed by atoms with Crippen molar-refractivity contribution in [2.24, 2.45) is 0 Å². The van der Waals surface area contributed by atoms with E-state index >= 15 is 0 Å². The molecule has 150 valence electrons. The fraction of sp³-hybridized carbons (Fsp3) is 0.190. The van der Waals surface area contributed by atoms with E-state index in [4.69, 9.17) is 0 Å². The third-order valence-electron chi connectivity index (χ3n) is 4.51. The van der Waals surface area contributed by atoms with Gasteiger partial charge in [0.2, 0.25) is 5.91 Å². The van der Waals surface area contributed by atoms with Crippen molar-refractivity contribution in [1.82, 2.24) is 9.80 Å². The predicted octanol–water partition coefficient (Wildman–Crippen LogP) is 2.94. The van der Waals surface area contributed by atoms with Gasteiger partial charge >= 0.3 is 6.03 Å². The van der Waals surface area contributed by atoms with Crippen molar-refractivity contribution in [3.8, 4) is 0 Å². The quantitative estimate of drug-likeness (QED) is 0.780. The minimum atomic E-state index is -0.372. The molecule has 0 spiro atoms. The lowest BCUT2D eigenvalue weighted by atomic mass is 10.1. The van der Waals surface area contributed by atoms with E-state index in [1.807, 2.05) is 0 Å². The first-order valence-corrected chi connectivity index (χ1v) is 9.10. The Morgan fingerprint density at radius 3 is 2.21 bits per heavy atom. The summed E-state index contributed by atoms with van der Waals surface area (Å²) in [6.07, 6.45) is 1.16. The van der Waals surface area contributed by atoms with E-state index in [1.54, 1.807) is 34.1 Å². The molecule has 0 unspecified atom stereocenters. The lowest BCUT2D eigenvalue weighted by molar-refractivity contribution is -0.111. The van der Waals surface area contributed by atoms with Crippen molar-refractivity contribution < 1.29 is 18.8 Å². The van der Waals surface area contributed by atoms with Crippen LogP contribution in [0.25, 0.3) is 0 Å². The number of nitrogens with one attached hydrogen (secondary N) is 2. The molecule has 1 heterocycles. The first-order valence-electron chi connectivity index (χ1n) is 9.10. The van der Waals surface area contributed by atoms with E-state index < -0.39 is 0 Å². The maximum Gasteiger partial charge on any atom is 0.321 e. The largest absolute Gasteiger partial charge is 0.335 e. The Morgan fingerprint density at radius 1 is 0.897 bits per heavy atom. The number of urea groups is 1. The average molecular weight is 396 g/mol. The highest BCUT2D eigenvalue weighted by atomic mass is 19.1. The molecule has 1 aliphatic rings. The zero-order chi connectivity index (χ0) is 20.8. The van der Waals surface area contributed by atoms with Crippen LogP contribution in [0.5, 0.6) is 0 Å². The van der Waals surface area contributed by atoms with Crippen molar-refractivity contribution in [1.29, 1.82) is 0 Å². The number of halogens is 1. The summed E-state index contributed by atoms with van der Waals surface area (Å²) in [4.78, 5) is 39.8. The molecule has 2 aromatic rings. The molecule has 3 rings (SSSR count). The van der Waals surface area contributed by atoms with Crippen LogP contribution in [0.3, 0.4) is 0 Å². The lowest BCUT2D eigenvalue weighted by Gasteiger charge is -2.34. The molecule has 1 saturated heterocycles. The number of benzene rings is 2. The van der Waals surface area contributed by atoms with E-state index in [1.165, 1.54) is 24.3 Å². The number of carbonyl (C=O) groups is 3. The fourth-order valence-electron chi connectivity index (χ4n) is 2.95. The van der Waals surface area contributed by atoms with Gasteiger partial charge in [-0.25, -0.2) is 9.18 Å². The Bertz CT molecular complexity index is 922. The molecular weight excluding hydrogens is 375 g/mol. The van der Waals surface area contributed by atoms with Gasteiger partial charge in [0, 0.05) is 43.1 Å².